The van der Waals surface area contributed by atoms with Crippen LogP contribution in [0.1, 0.15) is 35.2 Å². The van der Waals surface area contributed by atoms with Crippen LogP contribution < -0.4 is 4.74 Å². The zero-order valence-corrected chi connectivity index (χ0v) is 14.9. The fourth-order valence-electron chi connectivity index (χ4n) is 2.53. The van der Waals surface area contributed by atoms with Crippen molar-refractivity contribution in [1.82, 2.24) is 0 Å². The highest BCUT2D eigenvalue weighted by molar-refractivity contribution is 9.10. The van der Waals surface area contributed by atoms with Crippen LogP contribution in [0.15, 0.2) is 59.1 Å². The van der Waals surface area contributed by atoms with Crippen molar-refractivity contribution in [2.75, 3.05) is 6.61 Å². The van der Waals surface area contributed by atoms with Crippen LogP contribution in [-0.4, -0.2) is 18.7 Å². The van der Waals surface area contributed by atoms with Crippen LogP contribution in [0.3, 0.4) is 0 Å². The molecule has 1 heterocycles. The third kappa shape index (κ3) is 4.79. The van der Waals surface area contributed by atoms with Gasteiger partial charge in [0.15, 0.2) is 12.1 Å². The van der Waals surface area contributed by atoms with Crippen LogP contribution in [0, 0.1) is 0 Å². The third-order valence-electron chi connectivity index (χ3n) is 3.82. The molecule has 1 aliphatic rings. The summed E-state index contributed by atoms with van der Waals surface area (Å²) in [6.07, 6.45) is 6.36. The minimum atomic E-state index is -0.170. The number of halogens is 1. The predicted octanol–water partition coefficient (Wildman–Crippen LogP) is 5.25. The molecule has 1 saturated heterocycles. The Morgan fingerprint density at radius 2 is 2.00 bits per heavy atom. The molecule has 1 atom stereocenters. The molecule has 1 fully saturated rings. The Morgan fingerprint density at radius 1 is 1.17 bits per heavy atom. The summed E-state index contributed by atoms with van der Waals surface area (Å²) in [7, 11) is 0. The van der Waals surface area contributed by atoms with Crippen molar-refractivity contribution in [3.8, 4) is 5.75 Å². The standard InChI is InChI=1S/C20H19BrO3/c21-17-5-3-4-15(14-17)7-12-19(22)16-8-10-18(11-9-16)24-20-6-1-2-13-23-20/h3-5,7-12,14,20H,1-2,6,13H2. The lowest BCUT2D eigenvalue weighted by molar-refractivity contribution is -0.105. The summed E-state index contributed by atoms with van der Waals surface area (Å²) >= 11 is 3.42. The van der Waals surface area contributed by atoms with Gasteiger partial charge >= 0.3 is 0 Å². The van der Waals surface area contributed by atoms with E-state index in [0.717, 1.165) is 41.7 Å². The average molecular weight is 387 g/mol. The summed E-state index contributed by atoms with van der Waals surface area (Å²) in [6, 6.07) is 15.0. The molecule has 1 unspecified atom stereocenters. The van der Waals surface area contributed by atoms with Crippen LogP contribution in [0.2, 0.25) is 0 Å². The van der Waals surface area contributed by atoms with Crippen molar-refractivity contribution >= 4 is 27.8 Å². The van der Waals surface area contributed by atoms with Gasteiger partial charge in [0.05, 0.1) is 6.61 Å². The van der Waals surface area contributed by atoms with E-state index in [2.05, 4.69) is 15.9 Å². The zero-order valence-electron chi connectivity index (χ0n) is 13.3. The van der Waals surface area contributed by atoms with E-state index < -0.39 is 0 Å². The van der Waals surface area contributed by atoms with Crippen LogP contribution in [-0.2, 0) is 4.74 Å². The first-order valence-electron chi connectivity index (χ1n) is 8.07. The number of ether oxygens (including phenoxy) is 2. The van der Waals surface area contributed by atoms with E-state index in [1.807, 2.05) is 42.5 Å². The second-order valence-electron chi connectivity index (χ2n) is 5.69. The summed E-state index contributed by atoms with van der Waals surface area (Å²) in [6.45, 7) is 0.752. The highest BCUT2D eigenvalue weighted by atomic mass is 79.9. The molecule has 4 heteroatoms. The van der Waals surface area contributed by atoms with Crippen molar-refractivity contribution in [3.05, 3.63) is 70.2 Å². The fraction of sp³-hybridized carbons (Fsp3) is 0.250. The van der Waals surface area contributed by atoms with Gasteiger partial charge in [-0.05, 0) is 60.9 Å². The van der Waals surface area contributed by atoms with E-state index in [9.17, 15) is 4.79 Å². The van der Waals surface area contributed by atoms with Gasteiger partial charge in [-0.3, -0.25) is 4.79 Å². The van der Waals surface area contributed by atoms with Gasteiger partial charge in [0.2, 0.25) is 0 Å². The van der Waals surface area contributed by atoms with Crippen LogP contribution in [0.25, 0.3) is 6.08 Å². The lowest BCUT2D eigenvalue weighted by Gasteiger charge is -2.23. The van der Waals surface area contributed by atoms with Crippen molar-refractivity contribution in [1.29, 1.82) is 0 Å². The van der Waals surface area contributed by atoms with Crippen LogP contribution in [0.5, 0.6) is 5.75 Å². The van der Waals surface area contributed by atoms with E-state index in [0.29, 0.717) is 5.56 Å². The van der Waals surface area contributed by atoms with Gasteiger partial charge in [-0.1, -0.05) is 34.1 Å². The Kier molecular flexibility index (Phi) is 5.83. The Hall–Kier alpha value is -1.91. The first-order valence-corrected chi connectivity index (χ1v) is 8.86. The maximum absolute atomic E-state index is 12.2. The smallest absolute Gasteiger partial charge is 0.199 e. The predicted molar refractivity (Wildman–Crippen MR) is 98.2 cm³/mol. The number of carbonyl (C=O) groups excluding carboxylic acids is 1. The summed E-state index contributed by atoms with van der Waals surface area (Å²) in [5, 5.41) is 0. The van der Waals surface area contributed by atoms with Crippen molar-refractivity contribution in [2.45, 2.75) is 25.6 Å². The second kappa shape index (κ2) is 8.27. The van der Waals surface area contributed by atoms with Crippen molar-refractivity contribution in [3.63, 3.8) is 0 Å². The molecular weight excluding hydrogens is 368 g/mol. The topological polar surface area (TPSA) is 35.5 Å². The molecule has 0 spiro atoms. The lowest BCUT2D eigenvalue weighted by atomic mass is 10.1. The molecule has 24 heavy (non-hydrogen) atoms. The largest absolute Gasteiger partial charge is 0.465 e. The lowest BCUT2D eigenvalue weighted by Crippen LogP contribution is -2.24. The number of carbonyl (C=O) groups is 1. The second-order valence-corrected chi connectivity index (χ2v) is 6.61. The molecule has 0 radical (unpaired) electrons. The van der Waals surface area contributed by atoms with Gasteiger partial charge in [-0.25, -0.2) is 0 Å². The van der Waals surface area contributed by atoms with Crippen LogP contribution >= 0.6 is 15.9 Å². The molecule has 0 N–H and O–H groups in total. The number of hydrogen-bond donors (Lipinski definition) is 0. The Bertz CT molecular complexity index is 716. The number of ketones is 1. The fourth-order valence-corrected chi connectivity index (χ4v) is 2.95. The summed E-state index contributed by atoms with van der Waals surface area (Å²) in [5.41, 5.74) is 1.62. The highest BCUT2D eigenvalue weighted by Crippen LogP contribution is 2.20. The number of hydrogen-bond acceptors (Lipinski definition) is 3. The van der Waals surface area contributed by atoms with Gasteiger partial charge in [0.1, 0.15) is 5.75 Å². The average Bonchev–Trinajstić information content (AvgIpc) is 2.61. The summed E-state index contributed by atoms with van der Waals surface area (Å²) in [5.74, 6) is 0.699. The molecule has 124 valence electrons. The van der Waals surface area contributed by atoms with Gasteiger partial charge in [0, 0.05) is 16.5 Å². The molecule has 3 rings (SSSR count). The van der Waals surface area contributed by atoms with E-state index in [1.165, 1.54) is 0 Å². The monoisotopic (exact) mass is 386 g/mol. The molecule has 0 aliphatic carbocycles. The van der Waals surface area contributed by atoms with Crippen molar-refractivity contribution < 1.29 is 14.3 Å². The van der Waals surface area contributed by atoms with E-state index in [-0.39, 0.29) is 12.1 Å². The number of benzene rings is 2. The SMILES string of the molecule is O=C(C=Cc1cccc(Br)c1)c1ccc(OC2CCCCO2)cc1. The molecule has 1 aliphatic heterocycles. The van der Waals surface area contributed by atoms with Gasteiger partial charge in [0.25, 0.3) is 0 Å². The molecular formula is C20H19BrO3. The Balaban J connectivity index is 1.61. The summed E-state index contributed by atoms with van der Waals surface area (Å²) in [4.78, 5) is 12.2. The number of allylic oxidation sites excluding steroid dienone is 1. The summed E-state index contributed by atoms with van der Waals surface area (Å²) < 4.78 is 12.3. The van der Waals surface area contributed by atoms with Gasteiger partial charge in [-0.2, -0.15) is 0 Å². The third-order valence-corrected chi connectivity index (χ3v) is 4.31. The minimum Gasteiger partial charge on any atom is -0.465 e. The zero-order chi connectivity index (χ0) is 16.8. The van der Waals surface area contributed by atoms with Gasteiger partial charge in [-0.15, -0.1) is 0 Å². The molecule has 2 aromatic carbocycles. The number of rotatable bonds is 5. The Morgan fingerprint density at radius 3 is 2.71 bits per heavy atom. The molecule has 0 bridgehead atoms. The molecule has 3 nitrogen and oxygen atoms in total. The Labute approximate surface area is 150 Å². The maximum atomic E-state index is 12.2. The quantitative estimate of drug-likeness (QED) is 0.519. The first-order chi connectivity index (χ1) is 11.7. The minimum absolute atomic E-state index is 0.0320. The molecule has 0 aromatic heterocycles. The molecule has 2 aromatic rings. The van der Waals surface area contributed by atoms with E-state index >= 15 is 0 Å². The highest BCUT2D eigenvalue weighted by Gasteiger charge is 2.15. The first kappa shape index (κ1) is 16.9. The van der Waals surface area contributed by atoms with Crippen LogP contribution in [0.4, 0.5) is 0 Å². The maximum Gasteiger partial charge on any atom is 0.199 e. The molecule has 0 amide bonds. The normalized spacial score (nSPS) is 17.8. The molecule has 0 saturated carbocycles. The van der Waals surface area contributed by atoms with E-state index in [1.54, 1.807) is 18.2 Å². The van der Waals surface area contributed by atoms with Gasteiger partial charge < -0.3 is 9.47 Å². The van der Waals surface area contributed by atoms with E-state index in [4.69, 9.17) is 9.47 Å². The van der Waals surface area contributed by atoms with Crippen molar-refractivity contribution in [2.24, 2.45) is 0 Å².